The summed E-state index contributed by atoms with van der Waals surface area (Å²) < 4.78 is 5.88. The minimum absolute atomic E-state index is 0.0530. The van der Waals surface area contributed by atoms with Gasteiger partial charge in [-0.25, -0.2) is 4.79 Å². The smallest absolute Gasteiger partial charge is 0.343 e. The fraction of sp³-hybridized carbons (Fsp3) is 0.423. The molecule has 0 amide bonds. The van der Waals surface area contributed by atoms with E-state index in [1.165, 1.54) is 11.3 Å². The van der Waals surface area contributed by atoms with Gasteiger partial charge in [0.15, 0.2) is 0 Å². The second-order valence-electron chi connectivity index (χ2n) is 8.83. The van der Waals surface area contributed by atoms with Gasteiger partial charge >= 0.3 is 5.63 Å². The molecule has 0 spiro atoms. The average Bonchev–Trinajstić information content (AvgIpc) is 3.57. The van der Waals surface area contributed by atoms with Crippen molar-refractivity contribution in [1.82, 2.24) is 0 Å². The Balaban J connectivity index is 1.68. The number of hydrogen-bond acceptors (Lipinski definition) is 7. The van der Waals surface area contributed by atoms with Crippen LogP contribution < -0.4 is 5.63 Å². The van der Waals surface area contributed by atoms with Gasteiger partial charge in [-0.05, 0) is 54.9 Å². The molecule has 1 aliphatic carbocycles. The van der Waals surface area contributed by atoms with E-state index in [4.69, 9.17) is 9.52 Å². The summed E-state index contributed by atoms with van der Waals surface area (Å²) in [6, 6.07) is 12.8. The molecule has 176 valence electrons. The second kappa shape index (κ2) is 9.81. The van der Waals surface area contributed by atoms with E-state index in [1.807, 2.05) is 24.3 Å². The van der Waals surface area contributed by atoms with Crippen molar-refractivity contribution in [1.29, 1.82) is 0 Å². The number of rotatable bonds is 10. The molecule has 2 heterocycles. The van der Waals surface area contributed by atoms with Crippen LogP contribution in [-0.2, 0) is 24.9 Å². The van der Waals surface area contributed by atoms with Crippen LogP contribution in [0.25, 0.3) is 0 Å². The molecular weight excluding hydrogens is 440 g/mol. The molecule has 3 aromatic rings. The van der Waals surface area contributed by atoms with Gasteiger partial charge < -0.3 is 24.8 Å². The second-order valence-corrected chi connectivity index (χ2v) is 10.0. The molecule has 0 saturated heterocycles. The van der Waals surface area contributed by atoms with Crippen molar-refractivity contribution in [2.75, 3.05) is 6.61 Å². The predicted molar refractivity (Wildman–Crippen MR) is 127 cm³/mol. The van der Waals surface area contributed by atoms with Gasteiger partial charge in [0.2, 0.25) is 0 Å². The van der Waals surface area contributed by atoms with Gasteiger partial charge in [-0.1, -0.05) is 31.2 Å². The lowest BCUT2D eigenvalue weighted by Gasteiger charge is -2.33. The van der Waals surface area contributed by atoms with Crippen LogP contribution >= 0.6 is 11.3 Å². The summed E-state index contributed by atoms with van der Waals surface area (Å²) in [4.78, 5) is 14.4. The Morgan fingerprint density at radius 1 is 1.15 bits per heavy atom. The molecule has 0 bridgehead atoms. The average molecular weight is 471 g/mol. The van der Waals surface area contributed by atoms with Gasteiger partial charge in [0.25, 0.3) is 0 Å². The van der Waals surface area contributed by atoms with Crippen molar-refractivity contribution in [2.45, 2.75) is 57.2 Å². The van der Waals surface area contributed by atoms with Crippen molar-refractivity contribution in [3.05, 3.63) is 85.1 Å². The molecule has 1 fully saturated rings. The highest BCUT2D eigenvalue weighted by molar-refractivity contribution is 7.12. The van der Waals surface area contributed by atoms with Crippen LogP contribution in [-0.4, -0.2) is 27.0 Å². The van der Waals surface area contributed by atoms with Gasteiger partial charge in [0, 0.05) is 27.7 Å². The fourth-order valence-corrected chi connectivity index (χ4v) is 5.73. The number of aliphatic hydroxyl groups excluding tert-OH is 3. The molecular formula is C26H30O6S. The zero-order valence-electron chi connectivity index (χ0n) is 18.7. The first-order valence-electron chi connectivity index (χ1n) is 11.3. The fourth-order valence-electron chi connectivity index (χ4n) is 4.73. The molecule has 1 aliphatic rings. The van der Waals surface area contributed by atoms with E-state index in [-0.39, 0.29) is 30.9 Å². The molecule has 1 saturated carbocycles. The molecule has 6 nitrogen and oxygen atoms in total. The number of aromatic hydroxyl groups is 1. The van der Waals surface area contributed by atoms with Crippen molar-refractivity contribution >= 4 is 11.3 Å². The SMILES string of the molecule is CC[C@](Cc1ccccc1CO)(c1cc(O)c(Cc2ccc([C@@H](O)CO)s2)c(=O)o1)C1CC1. The number of thiophene rings is 1. The van der Waals surface area contributed by atoms with Crippen molar-refractivity contribution in [3.8, 4) is 5.75 Å². The standard InChI is InChI=1S/C26H30O6S/c1-2-26(18-7-8-18,13-16-5-3-4-6-17(16)14-27)24-12-21(29)20(25(31)32-24)11-19-9-10-23(33-19)22(30)15-28/h3-6,9-10,12,18,22,27-30H,2,7-8,11,13-15H2,1H3/t22-,26+/m0/s1. The molecule has 7 heteroatoms. The van der Waals surface area contributed by atoms with Gasteiger partial charge in [0.1, 0.15) is 17.6 Å². The van der Waals surface area contributed by atoms with Gasteiger partial charge in [-0.15, -0.1) is 11.3 Å². The summed E-state index contributed by atoms with van der Waals surface area (Å²) in [5.74, 6) is 0.754. The summed E-state index contributed by atoms with van der Waals surface area (Å²) in [7, 11) is 0. The summed E-state index contributed by atoms with van der Waals surface area (Å²) in [6.07, 6.45) is 2.67. The Morgan fingerprint density at radius 2 is 1.88 bits per heavy atom. The Kier molecular flexibility index (Phi) is 7.05. The molecule has 4 rings (SSSR count). The number of hydrogen-bond donors (Lipinski definition) is 4. The van der Waals surface area contributed by atoms with Crippen LogP contribution in [0.15, 0.2) is 51.7 Å². The molecule has 2 aromatic heterocycles. The molecule has 2 atom stereocenters. The molecule has 0 radical (unpaired) electrons. The minimum Gasteiger partial charge on any atom is -0.507 e. The lowest BCUT2D eigenvalue weighted by atomic mass is 9.72. The Hall–Kier alpha value is -2.45. The maximum Gasteiger partial charge on any atom is 0.343 e. The van der Waals surface area contributed by atoms with E-state index in [0.717, 1.165) is 35.3 Å². The predicted octanol–water partition coefficient (Wildman–Crippen LogP) is 3.82. The molecule has 0 aliphatic heterocycles. The zero-order chi connectivity index (χ0) is 23.6. The maximum absolute atomic E-state index is 13.0. The Bertz CT molecular complexity index is 1160. The summed E-state index contributed by atoms with van der Waals surface area (Å²) in [5, 5.41) is 39.6. The zero-order valence-corrected chi connectivity index (χ0v) is 19.5. The van der Waals surface area contributed by atoms with Crippen LogP contribution in [0.3, 0.4) is 0 Å². The van der Waals surface area contributed by atoms with Crippen LogP contribution in [0, 0.1) is 5.92 Å². The highest BCUT2D eigenvalue weighted by Gasteiger charge is 2.47. The molecule has 4 N–H and O–H groups in total. The van der Waals surface area contributed by atoms with E-state index >= 15 is 0 Å². The number of benzene rings is 1. The van der Waals surface area contributed by atoms with Crippen molar-refractivity contribution < 1.29 is 24.8 Å². The third-order valence-electron chi connectivity index (χ3n) is 6.84. The molecule has 1 aromatic carbocycles. The maximum atomic E-state index is 13.0. The molecule has 33 heavy (non-hydrogen) atoms. The third-order valence-corrected chi connectivity index (χ3v) is 8.02. The van der Waals surface area contributed by atoms with E-state index in [1.54, 1.807) is 18.2 Å². The third kappa shape index (κ3) is 4.77. The van der Waals surface area contributed by atoms with Crippen LogP contribution in [0.4, 0.5) is 0 Å². The number of aliphatic hydroxyl groups is 3. The van der Waals surface area contributed by atoms with Crippen molar-refractivity contribution in [3.63, 3.8) is 0 Å². The van der Waals surface area contributed by atoms with E-state index in [0.29, 0.717) is 23.0 Å². The van der Waals surface area contributed by atoms with Crippen LogP contribution in [0.2, 0.25) is 0 Å². The van der Waals surface area contributed by atoms with Gasteiger partial charge in [0.05, 0.1) is 18.8 Å². The lowest BCUT2D eigenvalue weighted by Crippen LogP contribution is -2.32. The van der Waals surface area contributed by atoms with E-state index < -0.39 is 17.1 Å². The molecule has 0 unspecified atom stereocenters. The Labute approximate surface area is 196 Å². The highest BCUT2D eigenvalue weighted by Crippen LogP contribution is 2.52. The largest absolute Gasteiger partial charge is 0.507 e. The topological polar surface area (TPSA) is 111 Å². The highest BCUT2D eigenvalue weighted by atomic mass is 32.1. The normalized spacial score (nSPS) is 16.5. The monoisotopic (exact) mass is 470 g/mol. The minimum atomic E-state index is -0.957. The summed E-state index contributed by atoms with van der Waals surface area (Å²) in [5.41, 5.74) is 1.08. The van der Waals surface area contributed by atoms with Crippen molar-refractivity contribution in [2.24, 2.45) is 5.92 Å². The van der Waals surface area contributed by atoms with Crippen LogP contribution in [0.1, 0.15) is 64.5 Å². The summed E-state index contributed by atoms with van der Waals surface area (Å²) >= 11 is 1.29. The van der Waals surface area contributed by atoms with Gasteiger partial charge in [-0.3, -0.25) is 0 Å². The van der Waals surface area contributed by atoms with Crippen LogP contribution in [0.5, 0.6) is 5.75 Å². The quantitative estimate of drug-likeness (QED) is 0.359. The summed E-state index contributed by atoms with van der Waals surface area (Å²) in [6.45, 7) is 1.65. The first-order chi connectivity index (χ1) is 15.9. The first kappa shape index (κ1) is 23.7. The lowest BCUT2D eigenvalue weighted by molar-refractivity contribution is 0.0984. The Morgan fingerprint density at radius 3 is 2.48 bits per heavy atom. The van der Waals surface area contributed by atoms with E-state index in [9.17, 15) is 20.1 Å². The van der Waals surface area contributed by atoms with Gasteiger partial charge in [-0.2, -0.15) is 0 Å². The van der Waals surface area contributed by atoms with E-state index in [2.05, 4.69) is 6.92 Å². The first-order valence-corrected chi connectivity index (χ1v) is 12.1.